The van der Waals surface area contributed by atoms with Crippen molar-refractivity contribution in [1.29, 1.82) is 0 Å². The standard InChI is InChI=1S/C11H22N2O4S/c1-4-18(17)6-5-12-11(16)13-9(10(14)15)7-8(2)3/h8-9H,4-7H2,1-3H3,(H,14,15)(H2,12,13,16)/t9-,18?/m1/s1. The quantitative estimate of drug-likeness (QED) is 0.604. The van der Waals surface area contributed by atoms with Crippen LogP contribution in [0.4, 0.5) is 4.79 Å². The van der Waals surface area contributed by atoms with Gasteiger partial charge in [0.15, 0.2) is 0 Å². The highest BCUT2D eigenvalue weighted by Crippen LogP contribution is 2.04. The van der Waals surface area contributed by atoms with Gasteiger partial charge < -0.3 is 15.7 Å². The zero-order valence-corrected chi connectivity index (χ0v) is 11.9. The van der Waals surface area contributed by atoms with Crippen molar-refractivity contribution in [2.24, 2.45) is 5.92 Å². The Labute approximate surface area is 110 Å². The van der Waals surface area contributed by atoms with Gasteiger partial charge in [-0.05, 0) is 12.3 Å². The van der Waals surface area contributed by atoms with Crippen LogP contribution in [-0.4, -0.2) is 45.4 Å². The van der Waals surface area contributed by atoms with Crippen molar-refractivity contribution in [1.82, 2.24) is 10.6 Å². The molecule has 0 saturated heterocycles. The maximum absolute atomic E-state index is 11.4. The lowest BCUT2D eigenvalue weighted by molar-refractivity contribution is -0.139. The summed E-state index contributed by atoms with van der Waals surface area (Å²) in [5.41, 5.74) is 0. The second-order valence-corrected chi connectivity index (χ2v) is 6.22. The summed E-state index contributed by atoms with van der Waals surface area (Å²) in [5.74, 6) is 0.0650. The molecule has 6 nitrogen and oxygen atoms in total. The van der Waals surface area contributed by atoms with Gasteiger partial charge in [-0.15, -0.1) is 0 Å². The van der Waals surface area contributed by atoms with Gasteiger partial charge in [0.25, 0.3) is 0 Å². The van der Waals surface area contributed by atoms with E-state index >= 15 is 0 Å². The third kappa shape index (κ3) is 8.05. The lowest BCUT2D eigenvalue weighted by atomic mass is 10.0. The summed E-state index contributed by atoms with van der Waals surface area (Å²) in [6.07, 6.45) is 0.379. The van der Waals surface area contributed by atoms with Crippen LogP contribution in [0.15, 0.2) is 0 Å². The Balaban J connectivity index is 4.03. The molecule has 0 rings (SSSR count). The number of carboxylic acids is 1. The normalized spacial score (nSPS) is 14.0. The zero-order valence-electron chi connectivity index (χ0n) is 11.1. The largest absolute Gasteiger partial charge is 0.480 e. The van der Waals surface area contributed by atoms with E-state index in [2.05, 4.69) is 10.6 Å². The maximum atomic E-state index is 11.4. The van der Waals surface area contributed by atoms with Crippen molar-refractivity contribution in [2.45, 2.75) is 33.2 Å². The Morgan fingerprint density at radius 3 is 2.39 bits per heavy atom. The minimum atomic E-state index is -1.05. The maximum Gasteiger partial charge on any atom is 0.326 e. The summed E-state index contributed by atoms with van der Waals surface area (Å²) in [4.78, 5) is 22.3. The number of hydrogen-bond donors (Lipinski definition) is 3. The molecule has 2 atom stereocenters. The van der Waals surface area contributed by atoms with Crippen LogP contribution in [0.2, 0.25) is 0 Å². The summed E-state index contributed by atoms with van der Waals surface area (Å²) < 4.78 is 11.1. The fourth-order valence-electron chi connectivity index (χ4n) is 1.32. The molecule has 0 aliphatic rings. The van der Waals surface area contributed by atoms with Crippen LogP contribution in [0.3, 0.4) is 0 Å². The van der Waals surface area contributed by atoms with E-state index in [1.165, 1.54) is 0 Å². The molecule has 3 N–H and O–H groups in total. The Kier molecular flexibility index (Phi) is 8.36. The van der Waals surface area contributed by atoms with E-state index in [0.29, 0.717) is 17.9 Å². The van der Waals surface area contributed by atoms with Crippen molar-refractivity contribution in [2.75, 3.05) is 18.1 Å². The van der Waals surface area contributed by atoms with Crippen LogP contribution in [-0.2, 0) is 15.6 Å². The van der Waals surface area contributed by atoms with E-state index in [1.807, 2.05) is 13.8 Å². The molecule has 106 valence electrons. The van der Waals surface area contributed by atoms with Gasteiger partial charge in [-0.1, -0.05) is 20.8 Å². The van der Waals surface area contributed by atoms with Gasteiger partial charge >= 0.3 is 12.0 Å². The highest BCUT2D eigenvalue weighted by molar-refractivity contribution is 7.84. The van der Waals surface area contributed by atoms with Crippen LogP contribution in [0, 0.1) is 5.92 Å². The topological polar surface area (TPSA) is 95.5 Å². The van der Waals surface area contributed by atoms with Crippen LogP contribution < -0.4 is 10.6 Å². The van der Waals surface area contributed by atoms with Gasteiger partial charge in [0.05, 0.1) is 0 Å². The average molecular weight is 278 g/mol. The minimum Gasteiger partial charge on any atom is -0.480 e. The number of nitrogens with one attached hydrogen (secondary N) is 2. The molecule has 18 heavy (non-hydrogen) atoms. The Morgan fingerprint density at radius 1 is 1.33 bits per heavy atom. The molecule has 0 aliphatic heterocycles. The van der Waals surface area contributed by atoms with E-state index in [0.717, 1.165) is 0 Å². The first-order valence-corrected chi connectivity index (χ1v) is 7.47. The van der Waals surface area contributed by atoms with Crippen molar-refractivity contribution >= 4 is 22.8 Å². The second kappa shape index (κ2) is 8.91. The number of amides is 2. The molecule has 0 heterocycles. The minimum absolute atomic E-state index is 0.180. The van der Waals surface area contributed by atoms with Crippen LogP contribution in [0.1, 0.15) is 27.2 Å². The van der Waals surface area contributed by atoms with Gasteiger partial charge in [0.1, 0.15) is 6.04 Å². The fraction of sp³-hybridized carbons (Fsp3) is 0.818. The van der Waals surface area contributed by atoms with Crippen LogP contribution >= 0.6 is 0 Å². The van der Waals surface area contributed by atoms with Crippen molar-refractivity contribution in [3.05, 3.63) is 0 Å². The smallest absolute Gasteiger partial charge is 0.326 e. The first kappa shape index (κ1) is 16.9. The predicted molar refractivity (Wildman–Crippen MR) is 71.0 cm³/mol. The van der Waals surface area contributed by atoms with Crippen molar-refractivity contribution in [3.63, 3.8) is 0 Å². The molecule has 0 bridgehead atoms. The SMILES string of the molecule is CCS(=O)CCNC(=O)N[C@H](CC(C)C)C(=O)O. The molecule has 1 unspecified atom stereocenters. The summed E-state index contributed by atoms with van der Waals surface area (Å²) in [6, 6.07) is -1.42. The highest BCUT2D eigenvalue weighted by atomic mass is 32.2. The fourth-order valence-corrected chi connectivity index (χ4v) is 1.94. The summed E-state index contributed by atoms with van der Waals surface area (Å²) in [5, 5.41) is 13.8. The molecule has 0 aromatic carbocycles. The molecule has 0 aliphatic carbocycles. The zero-order chi connectivity index (χ0) is 14.1. The molecule has 0 aromatic heterocycles. The predicted octanol–water partition coefficient (Wildman–Crippen LogP) is 0.554. The summed E-state index contributed by atoms with van der Waals surface area (Å²) in [6.45, 7) is 5.86. The molecule has 0 spiro atoms. The van der Waals surface area contributed by atoms with Gasteiger partial charge in [-0.2, -0.15) is 0 Å². The number of hydrogen-bond acceptors (Lipinski definition) is 3. The van der Waals surface area contributed by atoms with Gasteiger partial charge in [-0.25, -0.2) is 9.59 Å². The third-order valence-corrected chi connectivity index (χ3v) is 3.55. The van der Waals surface area contributed by atoms with E-state index in [4.69, 9.17) is 5.11 Å². The summed E-state index contributed by atoms with van der Waals surface area (Å²) in [7, 11) is -0.933. The number of urea groups is 1. The lowest BCUT2D eigenvalue weighted by Gasteiger charge is -2.16. The van der Waals surface area contributed by atoms with Crippen molar-refractivity contribution in [3.8, 4) is 0 Å². The molecule has 0 aromatic rings. The molecular formula is C11H22N2O4S. The molecule has 0 saturated carbocycles. The van der Waals surface area contributed by atoms with Gasteiger partial charge in [0.2, 0.25) is 0 Å². The molecular weight excluding hydrogens is 256 g/mol. The van der Waals surface area contributed by atoms with E-state index in [-0.39, 0.29) is 12.5 Å². The highest BCUT2D eigenvalue weighted by Gasteiger charge is 2.20. The monoisotopic (exact) mass is 278 g/mol. The number of carbonyl (C=O) groups excluding carboxylic acids is 1. The molecule has 0 radical (unpaired) electrons. The number of carboxylic acid groups (broad SMARTS) is 1. The first-order chi connectivity index (χ1) is 8.36. The van der Waals surface area contributed by atoms with E-state index in [9.17, 15) is 13.8 Å². The van der Waals surface area contributed by atoms with E-state index in [1.54, 1.807) is 6.92 Å². The lowest BCUT2D eigenvalue weighted by Crippen LogP contribution is -2.47. The Bertz CT molecular complexity index is 307. The average Bonchev–Trinajstić information content (AvgIpc) is 2.27. The molecule has 2 amide bonds. The Hall–Kier alpha value is -1.11. The number of aliphatic carboxylic acids is 1. The van der Waals surface area contributed by atoms with Crippen molar-refractivity contribution < 1.29 is 18.9 Å². The summed E-state index contributed by atoms with van der Waals surface area (Å²) >= 11 is 0. The number of rotatable bonds is 8. The third-order valence-electron chi connectivity index (χ3n) is 2.25. The van der Waals surface area contributed by atoms with Gasteiger partial charge in [0, 0.05) is 28.9 Å². The second-order valence-electron chi connectivity index (χ2n) is 4.35. The molecule has 7 heteroatoms. The molecule has 0 fully saturated rings. The Morgan fingerprint density at radius 2 is 1.94 bits per heavy atom. The first-order valence-electron chi connectivity index (χ1n) is 5.99. The van der Waals surface area contributed by atoms with Crippen LogP contribution in [0.5, 0.6) is 0 Å². The number of carbonyl (C=O) groups is 2. The van der Waals surface area contributed by atoms with Crippen LogP contribution in [0.25, 0.3) is 0 Å². The van der Waals surface area contributed by atoms with E-state index < -0.39 is 28.8 Å². The van der Waals surface area contributed by atoms with Gasteiger partial charge in [-0.3, -0.25) is 4.21 Å².